The molecule has 1 unspecified atom stereocenters. The first-order chi connectivity index (χ1) is 19.0. The lowest BCUT2D eigenvalue weighted by Crippen LogP contribution is -2.34. The van der Waals surface area contributed by atoms with Crippen molar-refractivity contribution in [1.29, 1.82) is 0 Å². The van der Waals surface area contributed by atoms with Crippen LogP contribution in [0.2, 0.25) is 5.02 Å². The maximum atomic E-state index is 13.0. The van der Waals surface area contributed by atoms with Crippen molar-refractivity contribution in [3.8, 4) is 11.8 Å². The largest absolute Gasteiger partial charge is 0.360 e. The predicted molar refractivity (Wildman–Crippen MR) is 152 cm³/mol. The van der Waals surface area contributed by atoms with Crippen LogP contribution in [-0.4, -0.2) is 54.8 Å². The van der Waals surface area contributed by atoms with Gasteiger partial charge in [-0.25, -0.2) is 14.3 Å². The number of carbonyl (C=O) groups is 2. The highest BCUT2D eigenvalue weighted by atomic mass is 35.5. The lowest BCUT2D eigenvalue weighted by molar-refractivity contribution is -0.127. The van der Waals surface area contributed by atoms with Crippen molar-refractivity contribution in [3.05, 3.63) is 94.5 Å². The predicted octanol–water partition coefficient (Wildman–Crippen LogP) is 4.83. The van der Waals surface area contributed by atoms with E-state index >= 15 is 0 Å². The van der Waals surface area contributed by atoms with Crippen LogP contribution in [0.1, 0.15) is 22.4 Å². The Balaban J connectivity index is 1.09. The number of H-pyrrole nitrogens is 1. The maximum Gasteiger partial charge on any atom is 0.324 e. The van der Waals surface area contributed by atoms with Crippen LogP contribution in [0.25, 0.3) is 16.6 Å². The van der Waals surface area contributed by atoms with Crippen LogP contribution in [0.15, 0.2) is 72.0 Å². The number of nitrogens with zero attached hydrogens (tertiary/aromatic N) is 4. The standard InChI is InChI=1S/C29H23ClN6O2S/c1-18-7-10-22(14-19(18)8-9-21-17-31-26-6-3-11-33-36(21)26)39-13-12-35-28(37)25(34-29(35)38)15-20-16-32-27-23(20)4-2-5-24(27)30/h2-7,10-11,14,16-17,25,32H,12-13,15H2,1H3,(H,34,38). The van der Waals surface area contributed by atoms with Crippen molar-refractivity contribution in [2.24, 2.45) is 0 Å². The van der Waals surface area contributed by atoms with E-state index in [-0.39, 0.29) is 11.9 Å². The number of fused-ring (bicyclic) bond motifs is 2. The van der Waals surface area contributed by atoms with Crippen molar-refractivity contribution in [1.82, 2.24) is 29.8 Å². The topological polar surface area (TPSA) is 95.4 Å². The molecule has 1 aliphatic heterocycles. The highest BCUT2D eigenvalue weighted by molar-refractivity contribution is 7.99. The Bertz CT molecular complexity index is 1800. The number of para-hydroxylation sites is 1. The Morgan fingerprint density at radius 2 is 2.03 bits per heavy atom. The van der Waals surface area contributed by atoms with E-state index in [0.29, 0.717) is 29.4 Å². The smallest absolute Gasteiger partial charge is 0.324 e. The summed E-state index contributed by atoms with van der Waals surface area (Å²) in [5.74, 6) is 6.75. The van der Waals surface area contributed by atoms with Crippen molar-refractivity contribution in [3.63, 3.8) is 0 Å². The Morgan fingerprint density at radius 1 is 1.13 bits per heavy atom. The summed E-state index contributed by atoms with van der Waals surface area (Å²) in [5, 5.41) is 8.71. The maximum absolute atomic E-state index is 13.0. The van der Waals surface area contributed by atoms with Crippen molar-refractivity contribution in [2.75, 3.05) is 12.3 Å². The third-order valence-corrected chi connectivity index (χ3v) is 7.97. The Kier molecular flexibility index (Phi) is 6.73. The summed E-state index contributed by atoms with van der Waals surface area (Å²) >= 11 is 7.84. The number of carbonyl (C=O) groups excluding carboxylic acids is 2. The fraction of sp³-hybridized carbons (Fsp3) is 0.172. The van der Waals surface area contributed by atoms with Gasteiger partial charge in [-0.2, -0.15) is 5.10 Å². The van der Waals surface area contributed by atoms with Crippen LogP contribution in [0.4, 0.5) is 4.79 Å². The fourth-order valence-corrected chi connectivity index (χ4v) is 5.72. The molecule has 0 aliphatic carbocycles. The van der Waals surface area contributed by atoms with Gasteiger partial charge in [0.05, 0.1) is 16.7 Å². The number of hydrogen-bond donors (Lipinski definition) is 2. The number of imide groups is 1. The molecule has 1 saturated heterocycles. The molecule has 194 valence electrons. The molecule has 2 N–H and O–H groups in total. The quantitative estimate of drug-likeness (QED) is 0.178. The number of rotatable bonds is 6. The third kappa shape index (κ3) is 4.97. The number of benzene rings is 2. The number of hydrogen-bond acceptors (Lipinski definition) is 5. The van der Waals surface area contributed by atoms with Gasteiger partial charge in [0.25, 0.3) is 5.91 Å². The van der Waals surface area contributed by atoms with Crippen molar-refractivity contribution in [2.45, 2.75) is 24.3 Å². The second-order valence-electron chi connectivity index (χ2n) is 9.18. The van der Waals surface area contributed by atoms with Gasteiger partial charge < -0.3 is 10.3 Å². The number of imidazole rings is 1. The van der Waals surface area contributed by atoms with Gasteiger partial charge in [-0.3, -0.25) is 9.69 Å². The summed E-state index contributed by atoms with van der Waals surface area (Å²) in [6, 6.07) is 14.5. The zero-order valence-electron chi connectivity index (χ0n) is 20.9. The lowest BCUT2D eigenvalue weighted by atomic mass is 10.1. The number of thioether (sulfide) groups is 1. The van der Waals surface area contributed by atoms with Crippen LogP contribution in [0.5, 0.6) is 0 Å². The molecule has 1 aliphatic rings. The van der Waals surface area contributed by atoms with Gasteiger partial charge >= 0.3 is 6.03 Å². The van der Waals surface area contributed by atoms with E-state index in [1.807, 2.05) is 61.7 Å². The van der Waals surface area contributed by atoms with E-state index in [0.717, 1.165) is 38.1 Å². The normalized spacial score (nSPS) is 15.1. The first kappa shape index (κ1) is 25.0. The molecule has 3 amide bonds. The summed E-state index contributed by atoms with van der Waals surface area (Å²) in [6.45, 7) is 2.33. The third-order valence-electron chi connectivity index (χ3n) is 6.68. The van der Waals surface area contributed by atoms with Crippen LogP contribution < -0.4 is 5.32 Å². The number of aromatic amines is 1. The average Bonchev–Trinajstić information content (AvgIpc) is 3.62. The number of halogens is 1. The van der Waals surface area contributed by atoms with E-state index in [4.69, 9.17) is 11.6 Å². The Hall–Kier alpha value is -4.26. The minimum absolute atomic E-state index is 0.214. The molecule has 2 aromatic carbocycles. The van der Waals surface area contributed by atoms with Crippen LogP contribution in [0, 0.1) is 18.8 Å². The number of aromatic nitrogens is 4. The van der Waals surface area contributed by atoms with Crippen LogP contribution >= 0.6 is 23.4 Å². The van der Waals surface area contributed by atoms with Crippen LogP contribution in [0.3, 0.4) is 0 Å². The van der Waals surface area contributed by atoms with Gasteiger partial charge in [0.1, 0.15) is 11.7 Å². The van der Waals surface area contributed by atoms with E-state index in [2.05, 4.69) is 32.2 Å². The molecule has 10 heteroatoms. The van der Waals surface area contributed by atoms with Crippen molar-refractivity contribution >= 4 is 51.9 Å². The monoisotopic (exact) mass is 554 g/mol. The van der Waals surface area contributed by atoms with Gasteiger partial charge in [-0.1, -0.05) is 35.7 Å². The van der Waals surface area contributed by atoms with E-state index < -0.39 is 6.04 Å². The summed E-state index contributed by atoms with van der Waals surface area (Å²) in [6.07, 6.45) is 5.66. The van der Waals surface area contributed by atoms with Crippen molar-refractivity contribution < 1.29 is 9.59 Å². The molecule has 0 radical (unpaired) electrons. The summed E-state index contributed by atoms with van der Waals surface area (Å²) in [4.78, 5) is 35.4. The van der Waals surface area contributed by atoms with Gasteiger partial charge in [0, 0.05) is 47.0 Å². The molecule has 0 spiro atoms. The molecular formula is C29H23ClN6O2S. The number of amides is 3. The highest BCUT2D eigenvalue weighted by Gasteiger charge is 2.37. The molecule has 0 bridgehead atoms. The van der Waals surface area contributed by atoms with E-state index in [1.54, 1.807) is 28.7 Å². The molecule has 8 nitrogen and oxygen atoms in total. The highest BCUT2D eigenvalue weighted by Crippen LogP contribution is 2.27. The Labute approximate surface area is 233 Å². The number of urea groups is 1. The first-order valence-electron chi connectivity index (χ1n) is 12.4. The van der Waals surface area contributed by atoms with E-state index in [1.165, 1.54) is 4.90 Å². The van der Waals surface area contributed by atoms with Gasteiger partial charge in [0.15, 0.2) is 5.65 Å². The molecule has 4 heterocycles. The summed E-state index contributed by atoms with van der Waals surface area (Å²) < 4.78 is 1.71. The first-order valence-corrected chi connectivity index (χ1v) is 13.7. The zero-order valence-corrected chi connectivity index (χ0v) is 22.5. The fourth-order valence-electron chi connectivity index (χ4n) is 4.62. The molecule has 6 rings (SSSR count). The summed E-state index contributed by atoms with van der Waals surface area (Å²) in [5.41, 5.74) is 5.19. The minimum Gasteiger partial charge on any atom is -0.360 e. The minimum atomic E-state index is -0.601. The number of nitrogens with one attached hydrogen (secondary N) is 2. The van der Waals surface area contributed by atoms with Gasteiger partial charge in [0.2, 0.25) is 0 Å². The molecule has 39 heavy (non-hydrogen) atoms. The number of aryl methyl sites for hydroxylation is 1. The Morgan fingerprint density at radius 3 is 2.92 bits per heavy atom. The molecule has 1 atom stereocenters. The average molecular weight is 555 g/mol. The lowest BCUT2D eigenvalue weighted by Gasteiger charge is -2.13. The summed E-state index contributed by atoms with van der Waals surface area (Å²) in [7, 11) is 0. The van der Waals surface area contributed by atoms with E-state index in [9.17, 15) is 9.59 Å². The molecule has 3 aromatic heterocycles. The molecule has 1 fully saturated rings. The SMILES string of the molecule is Cc1ccc(SCCN2C(=O)NC(Cc3c[nH]c4c(Cl)cccc34)C2=O)cc1C#Cc1cnc2cccnn12. The second kappa shape index (κ2) is 10.5. The van der Waals surface area contributed by atoms with Gasteiger partial charge in [-0.15, -0.1) is 11.8 Å². The molecule has 5 aromatic rings. The molecule has 0 saturated carbocycles. The second-order valence-corrected chi connectivity index (χ2v) is 10.8. The zero-order chi connectivity index (χ0) is 26.9. The van der Waals surface area contributed by atoms with Crippen LogP contribution in [-0.2, 0) is 11.2 Å². The van der Waals surface area contributed by atoms with Gasteiger partial charge in [-0.05, 0) is 54.3 Å². The molecular weight excluding hydrogens is 532 g/mol.